The van der Waals surface area contributed by atoms with Crippen molar-refractivity contribution in [3.63, 3.8) is 0 Å². The second-order valence-electron chi connectivity index (χ2n) is 4.52. The van der Waals surface area contributed by atoms with Gasteiger partial charge in [-0.05, 0) is 19.9 Å². The maximum Gasteiger partial charge on any atom is 0.259 e. The van der Waals surface area contributed by atoms with E-state index in [1.807, 2.05) is 0 Å². The number of nitrogens with one attached hydrogen (secondary N) is 1. The minimum Gasteiger partial charge on any atom is -0.466 e. The van der Waals surface area contributed by atoms with Gasteiger partial charge in [0.15, 0.2) is 0 Å². The number of anilines is 1. The summed E-state index contributed by atoms with van der Waals surface area (Å²) in [7, 11) is 0. The number of aryl methyl sites for hydroxylation is 2. The number of rotatable bonds is 3. The summed E-state index contributed by atoms with van der Waals surface area (Å²) >= 11 is 0. The highest BCUT2D eigenvalue weighted by Crippen LogP contribution is 2.15. The lowest BCUT2D eigenvalue weighted by atomic mass is 10.2. The van der Waals surface area contributed by atoms with Gasteiger partial charge in [-0.1, -0.05) is 0 Å². The molecular weight excluding hydrogens is 270 g/mol. The number of carbonyl (C=O) groups excluding carboxylic acids is 1. The molecule has 0 saturated heterocycles. The van der Waals surface area contributed by atoms with Crippen molar-refractivity contribution in [3.8, 4) is 5.95 Å². The molecule has 0 aliphatic heterocycles. The fraction of sp³-hybridized carbons (Fsp3) is 0.143. The molecule has 7 heteroatoms. The molecule has 1 amide bonds. The summed E-state index contributed by atoms with van der Waals surface area (Å²) in [5, 5.41) is 2.74. The van der Waals surface area contributed by atoms with Gasteiger partial charge >= 0.3 is 0 Å². The van der Waals surface area contributed by atoms with E-state index < -0.39 is 0 Å². The second-order valence-corrected chi connectivity index (χ2v) is 4.52. The number of furan rings is 1. The van der Waals surface area contributed by atoms with Gasteiger partial charge in [-0.25, -0.2) is 15.0 Å². The molecule has 0 aliphatic rings. The number of carbonyl (C=O) groups is 1. The van der Waals surface area contributed by atoms with E-state index in [9.17, 15) is 4.79 Å². The molecule has 21 heavy (non-hydrogen) atoms. The highest BCUT2D eigenvalue weighted by molar-refractivity contribution is 6.04. The molecule has 0 aromatic carbocycles. The Morgan fingerprint density at radius 3 is 2.62 bits per heavy atom. The van der Waals surface area contributed by atoms with Crippen LogP contribution in [-0.4, -0.2) is 25.4 Å². The molecule has 0 aliphatic carbocycles. The molecular formula is C14H13N5O2. The van der Waals surface area contributed by atoms with E-state index in [0.29, 0.717) is 28.7 Å². The molecule has 0 bridgehead atoms. The van der Waals surface area contributed by atoms with Crippen LogP contribution in [-0.2, 0) is 0 Å². The Morgan fingerprint density at radius 1 is 1.29 bits per heavy atom. The van der Waals surface area contributed by atoms with Gasteiger partial charge < -0.3 is 9.73 Å². The van der Waals surface area contributed by atoms with Gasteiger partial charge in [0.25, 0.3) is 5.91 Å². The van der Waals surface area contributed by atoms with Crippen LogP contribution in [0.5, 0.6) is 0 Å². The molecule has 0 fully saturated rings. The molecule has 1 N–H and O–H groups in total. The molecule has 3 heterocycles. The Kier molecular flexibility index (Phi) is 3.23. The van der Waals surface area contributed by atoms with Crippen molar-refractivity contribution in [1.29, 1.82) is 0 Å². The van der Waals surface area contributed by atoms with Crippen LogP contribution in [0.2, 0.25) is 0 Å². The first kappa shape index (κ1) is 13.0. The van der Waals surface area contributed by atoms with Crippen molar-refractivity contribution in [2.45, 2.75) is 13.8 Å². The van der Waals surface area contributed by atoms with Gasteiger partial charge in [0, 0.05) is 12.4 Å². The van der Waals surface area contributed by atoms with Crippen LogP contribution >= 0.6 is 0 Å². The van der Waals surface area contributed by atoms with Crippen LogP contribution in [0.15, 0.2) is 41.6 Å². The zero-order valence-corrected chi connectivity index (χ0v) is 11.6. The fourth-order valence-electron chi connectivity index (χ4n) is 1.95. The second kappa shape index (κ2) is 5.20. The van der Waals surface area contributed by atoms with Crippen molar-refractivity contribution >= 4 is 11.6 Å². The van der Waals surface area contributed by atoms with Crippen LogP contribution in [0, 0.1) is 13.8 Å². The van der Waals surface area contributed by atoms with Gasteiger partial charge in [0.1, 0.15) is 17.8 Å². The van der Waals surface area contributed by atoms with E-state index in [0.717, 1.165) is 0 Å². The molecule has 0 atom stereocenters. The summed E-state index contributed by atoms with van der Waals surface area (Å²) in [6.07, 6.45) is 8.07. The predicted octanol–water partition coefficient (Wildman–Crippen LogP) is 2.12. The molecule has 3 rings (SSSR count). The largest absolute Gasteiger partial charge is 0.466 e. The number of aromatic nitrogens is 4. The van der Waals surface area contributed by atoms with Gasteiger partial charge in [-0.2, -0.15) is 0 Å². The highest BCUT2D eigenvalue weighted by atomic mass is 16.3. The molecule has 0 spiro atoms. The first-order valence-corrected chi connectivity index (χ1v) is 6.32. The zero-order valence-electron chi connectivity index (χ0n) is 11.6. The number of amides is 1. The summed E-state index contributed by atoms with van der Waals surface area (Å²) in [6, 6.07) is 1.70. The van der Waals surface area contributed by atoms with Crippen molar-refractivity contribution in [2.75, 3.05) is 5.32 Å². The van der Waals surface area contributed by atoms with Gasteiger partial charge in [0.05, 0.1) is 23.6 Å². The minimum atomic E-state index is -0.247. The summed E-state index contributed by atoms with van der Waals surface area (Å²) in [6.45, 7) is 3.55. The predicted molar refractivity (Wildman–Crippen MR) is 75.3 cm³/mol. The van der Waals surface area contributed by atoms with E-state index in [2.05, 4.69) is 20.3 Å². The minimum absolute atomic E-state index is 0.247. The number of hydrogen-bond donors (Lipinski definition) is 1. The Morgan fingerprint density at radius 2 is 2.05 bits per heavy atom. The third kappa shape index (κ3) is 2.66. The number of hydrogen-bond acceptors (Lipinski definition) is 5. The van der Waals surface area contributed by atoms with Crippen LogP contribution in [0.25, 0.3) is 5.95 Å². The first-order valence-electron chi connectivity index (χ1n) is 6.32. The highest BCUT2D eigenvalue weighted by Gasteiger charge is 2.14. The average Bonchev–Trinajstić information content (AvgIpc) is 3.09. The first-order chi connectivity index (χ1) is 10.1. The standard InChI is InChI=1S/C14H13N5O2/c1-9-5-12(10(2)21-9)13(20)18-11-6-16-14(17-7-11)19-4-3-15-8-19/h3-8H,1-2H3,(H,18,20). The summed E-state index contributed by atoms with van der Waals surface area (Å²) in [4.78, 5) is 24.4. The van der Waals surface area contributed by atoms with Crippen molar-refractivity contribution < 1.29 is 9.21 Å². The molecule has 0 radical (unpaired) electrons. The lowest BCUT2D eigenvalue weighted by Gasteiger charge is -2.04. The molecule has 3 aromatic heterocycles. The van der Waals surface area contributed by atoms with Gasteiger partial charge in [-0.3, -0.25) is 9.36 Å². The van der Waals surface area contributed by atoms with E-state index in [1.54, 1.807) is 55.6 Å². The van der Waals surface area contributed by atoms with E-state index in [4.69, 9.17) is 4.42 Å². The van der Waals surface area contributed by atoms with Crippen LogP contribution in [0.4, 0.5) is 5.69 Å². The lowest BCUT2D eigenvalue weighted by Crippen LogP contribution is -2.13. The summed E-state index contributed by atoms with van der Waals surface area (Å²) in [5.74, 6) is 1.52. The van der Waals surface area contributed by atoms with Crippen LogP contribution < -0.4 is 5.32 Å². The lowest BCUT2D eigenvalue weighted by molar-refractivity contribution is 0.102. The normalized spacial score (nSPS) is 10.6. The monoisotopic (exact) mass is 283 g/mol. The quantitative estimate of drug-likeness (QED) is 0.795. The van der Waals surface area contributed by atoms with Gasteiger partial charge in [-0.15, -0.1) is 0 Å². The van der Waals surface area contributed by atoms with E-state index in [-0.39, 0.29) is 5.91 Å². The van der Waals surface area contributed by atoms with Gasteiger partial charge in [0.2, 0.25) is 5.95 Å². The summed E-state index contributed by atoms with van der Waals surface area (Å²) in [5.41, 5.74) is 1.02. The average molecular weight is 283 g/mol. The van der Waals surface area contributed by atoms with Crippen molar-refractivity contribution in [2.24, 2.45) is 0 Å². The van der Waals surface area contributed by atoms with Crippen LogP contribution in [0.3, 0.4) is 0 Å². The summed E-state index contributed by atoms with van der Waals surface area (Å²) < 4.78 is 7.01. The molecule has 7 nitrogen and oxygen atoms in total. The fourth-order valence-corrected chi connectivity index (χ4v) is 1.95. The Labute approximate surface area is 120 Å². The Hall–Kier alpha value is -2.96. The molecule has 0 unspecified atom stereocenters. The third-order valence-electron chi connectivity index (χ3n) is 2.92. The molecule has 3 aromatic rings. The Bertz CT molecular complexity index is 759. The number of nitrogens with zero attached hydrogens (tertiary/aromatic N) is 4. The topological polar surface area (TPSA) is 85.8 Å². The SMILES string of the molecule is Cc1cc(C(=O)Nc2cnc(-n3ccnc3)nc2)c(C)o1. The van der Waals surface area contributed by atoms with E-state index >= 15 is 0 Å². The van der Waals surface area contributed by atoms with E-state index in [1.165, 1.54) is 0 Å². The van der Waals surface area contributed by atoms with Crippen molar-refractivity contribution in [1.82, 2.24) is 19.5 Å². The van der Waals surface area contributed by atoms with Crippen molar-refractivity contribution in [3.05, 3.63) is 54.3 Å². The molecule has 106 valence electrons. The molecule has 0 saturated carbocycles. The number of imidazole rings is 1. The maximum absolute atomic E-state index is 12.1. The smallest absolute Gasteiger partial charge is 0.259 e. The Balaban J connectivity index is 1.76. The maximum atomic E-state index is 12.1. The third-order valence-corrected chi connectivity index (χ3v) is 2.92. The zero-order chi connectivity index (χ0) is 14.8. The van der Waals surface area contributed by atoms with Crippen LogP contribution in [0.1, 0.15) is 21.9 Å².